The Labute approximate surface area is 314 Å². The van der Waals surface area contributed by atoms with E-state index in [0.717, 1.165) is 16.5 Å². The Hall–Kier alpha value is -1.86. The molecule has 0 fully saturated rings. The van der Waals surface area contributed by atoms with Crippen LogP contribution in [-0.2, 0) is 36.5 Å². The van der Waals surface area contributed by atoms with Crippen LogP contribution in [0.5, 0.6) is 0 Å². The van der Waals surface area contributed by atoms with Gasteiger partial charge in [0.25, 0.3) is 0 Å². The van der Waals surface area contributed by atoms with Crippen molar-refractivity contribution in [2.45, 2.75) is 79.6 Å². The van der Waals surface area contributed by atoms with Crippen LogP contribution in [-0.4, -0.2) is 7.42 Å². The first-order valence-electron chi connectivity index (χ1n) is 16.5. The monoisotopic (exact) mass is 794 g/mol. The molecule has 0 amide bonds. The van der Waals surface area contributed by atoms with Crippen molar-refractivity contribution in [2.75, 3.05) is 0 Å². The first-order valence-corrected chi connectivity index (χ1v) is 22.6. The summed E-state index contributed by atoms with van der Waals surface area (Å²) in [7, 11) is 0. The molecule has 48 heavy (non-hydrogen) atoms. The third-order valence-electron chi connectivity index (χ3n) is 10.1. The van der Waals surface area contributed by atoms with Gasteiger partial charge in [-0.15, -0.1) is 24.8 Å². The summed E-state index contributed by atoms with van der Waals surface area (Å²) in [6.07, 6.45) is 3.45. The number of halogens is 4. The molecule has 0 saturated heterocycles. The Morgan fingerprint density at radius 1 is 0.688 bits per heavy atom. The second-order valence-electron chi connectivity index (χ2n) is 15.5. The van der Waals surface area contributed by atoms with Gasteiger partial charge in [-0.05, 0) is 0 Å². The maximum atomic E-state index is 6.46. The van der Waals surface area contributed by atoms with Gasteiger partial charge in [-0.2, -0.15) is 0 Å². The Kier molecular flexibility index (Phi) is 11.7. The van der Waals surface area contributed by atoms with Crippen molar-refractivity contribution in [1.82, 2.24) is 0 Å². The number of benzene rings is 4. The van der Waals surface area contributed by atoms with Crippen LogP contribution in [0.1, 0.15) is 95.7 Å². The topological polar surface area (TPSA) is 0 Å². The maximum absolute atomic E-state index is 6.46. The number of hydrogen-bond acceptors (Lipinski definition) is 0. The summed E-state index contributed by atoms with van der Waals surface area (Å²) in [6, 6.07) is 29.1. The smallest absolute Gasteiger partial charge is 0.147 e. The van der Waals surface area contributed by atoms with Crippen LogP contribution in [0, 0.1) is 5.92 Å². The molecular weight excluding hydrogens is 750 g/mol. The molecule has 4 aromatic rings. The van der Waals surface area contributed by atoms with Gasteiger partial charge in [0.15, 0.2) is 0 Å². The average Bonchev–Trinajstić information content (AvgIpc) is 3.48. The molecule has 1 unspecified atom stereocenters. The molecule has 0 radical (unpaired) electrons. The van der Waals surface area contributed by atoms with Crippen molar-refractivity contribution in [3.05, 3.63) is 143 Å². The van der Waals surface area contributed by atoms with E-state index in [2.05, 4.69) is 130 Å². The quantitative estimate of drug-likeness (QED) is 0.170. The fraction of sp³-hybridized carbons (Fsp3) is 0.302. The minimum atomic E-state index is -4.00. The van der Waals surface area contributed by atoms with E-state index in [1.807, 2.05) is 24.3 Å². The van der Waals surface area contributed by atoms with Crippen LogP contribution in [0.2, 0.25) is 10.0 Å². The second-order valence-corrected chi connectivity index (χ2v) is 24.6. The third kappa shape index (κ3) is 7.29. The molecule has 0 aromatic heterocycles. The van der Waals surface area contributed by atoms with Crippen molar-refractivity contribution >= 4 is 58.7 Å². The van der Waals surface area contributed by atoms with Gasteiger partial charge in [0.05, 0.1) is 0 Å². The minimum absolute atomic E-state index is 0. The molecule has 0 saturated carbocycles. The number of hydrogen-bond donors (Lipinski definition) is 0. The standard InChI is InChI=1S/C21H25.C8H11.2C7H5Cl.2ClH.Zr/c1-20(2,3)16-7-9-18-14(12-16)11-15-13-17(21(4,5)6)8-10-19(15)18;1-6-4-7(2)8(3)5-6;2*1-6-2-4-7(8)5-3-6;;;/h7-10,12H,11H2,1-6H3;4,6H,1-3H3;2*1-5H;2*1H;. The molecule has 5 heteroatoms. The Morgan fingerprint density at radius 3 is 1.67 bits per heavy atom. The van der Waals surface area contributed by atoms with Gasteiger partial charge in [0.2, 0.25) is 0 Å². The van der Waals surface area contributed by atoms with E-state index in [1.54, 1.807) is 6.55 Å². The number of rotatable bonds is 4. The van der Waals surface area contributed by atoms with Crippen LogP contribution in [0.3, 0.4) is 0 Å². The summed E-state index contributed by atoms with van der Waals surface area (Å²) >= 11 is 8.92. The van der Waals surface area contributed by atoms with Crippen molar-refractivity contribution in [3.63, 3.8) is 0 Å². The van der Waals surface area contributed by atoms with Gasteiger partial charge in [0, 0.05) is 0 Å². The van der Waals surface area contributed by atoms with E-state index in [9.17, 15) is 0 Å². The third-order valence-corrected chi connectivity index (χ3v) is 22.1. The first kappa shape index (κ1) is 38.9. The summed E-state index contributed by atoms with van der Waals surface area (Å²) in [4.78, 5) is 0. The molecule has 0 spiro atoms. The van der Waals surface area contributed by atoms with Crippen molar-refractivity contribution in [3.8, 4) is 11.1 Å². The summed E-state index contributed by atoms with van der Waals surface area (Å²) in [5.74, 6) is 0.350. The molecule has 2 aliphatic carbocycles. The molecule has 0 N–H and O–H groups in total. The summed E-state index contributed by atoms with van der Waals surface area (Å²) in [5.41, 5.74) is 14.0. The fourth-order valence-electron chi connectivity index (χ4n) is 7.79. The molecule has 2 aliphatic rings. The van der Waals surface area contributed by atoms with E-state index < -0.39 is 19.3 Å². The van der Waals surface area contributed by atoms with Gasteiger partial charge >= 0.3 is 293 Å². The Morgan fingerprint density at radius 2 is 1.21 bits per heavy atom. The molecule has 0 heterocycles. The zero-order valence-electron chi connectivity index (χ0n) is 29.6. The molecule has 0 aliphatic heterocycles. The van der Waals surface area contributed by atoms with E-state index >= 15 is 0 Å². The molecular formula is C43H48Cl4Zr. The first-order chi connectivity index (χ1) is 21.6. The van der Waals surface area contributed by atoms with Crippen molar-refractivity contribution < 1.29 is 19.3 Å². The Bertz CT molecular complexity index is 1980. The molecule has 252 valence electrons. The van der Waals surface area contributed by atoms with E-state index in [1.165, 1.54) is 55.7 Å². The predicted molar refractivity (Wildman–Crippen MR) is 215 cm³/mol. The average molecular weight is 798 g/mol. The van der Waals surface area contributed by atoms with Crippen LogP contribution < -0.4 is 3.27 Å². The number of fused-ring (bicyclic) bond motifs is 3. The summed E-state index contributed by atoms with van der Waals surface area (Å²) < 4.78 is 8.69. The van der Waals surface area contributed by atoms with Gasteiger partial charge in [-0.3, -0.25) is 0 Å². The second kappa shape index (κ2) is 14.4. The van der Waals surface area contributed by atoms with Gasteiger partial charge in [0.1, 0.15) is 0 Å². The minimum Gasteiger partial charge on any atom is -0.147 e. The summed E-state index contributed by atoms with van der Waals surface area (Å²) in [5, 5.41) is 1.53. The number of allylic oxidation sites excluding steroid dienone is 4. The van der Waals surface area contributed by atoms with Crippen LogP contribution in [0.4, 0.5) is 0 Å². The molecule has 4 aromatic carbocycles. The zero-order valence-corrected chi connectivity index (χ0v) is 35.2. The van der Waals surface area contributed by atoms with Crippen LogP contribution in [0.15, 0.2) is 99.4 Å². The molecule has 0 bridgehead atoms. The summed E-state index contributed by atoms with van der Waals surface area (Å²) in [6.45, 7) is 21.2. The SMILES string of the molecule is CC1=CC(C)[C]([Zr](=[CH]c2ccc(Cl)cc2)(=[CH]c2ccc(Cl)cc2)[c]2c(C(C)(C)C)ccc3c2Cc2cc(C(C)(C)C)ccc2-3)=C1C.Cl.Cl. The Balaban J connectivity index is 0.00000260. The molecule has 1 atom stereocenters. The van der Waals surface area contributed by atoms with Gasteiger partial charge in [-0.25, -0.2) is 0 Å². The van der Waals surface area contributed by atoms with E-state index in [4.69, 9.17) is 23.2 Å². The van der Waals surface area contributed by atoms with Crippen LogP contribution in [0.25, 0.3) is 11.1 Å². The van der Waals surface area contributed by atoms with E-state index in [-0.39, 0.29) is 35.6 Å². The van der Waals surface area contributed by atoms with E-state index in [0.29, 0.717) is 5.92 Å². The van der Waals surface area contributed by atoms with Crippen molar-refractivity contribution in [1.29, 1.82) is 0 Å². The fourth-order valence-corrected chi connectivity index (χ4v) is 22.0. The zero-order chi connectivity index (χ0) is 33.2. The molecule has 0 nitrogen and oxygen atoms in total. The van der Waals surface area contributed by atoms with Gasteiger partial charge < -0.3 is 0 Å². The van der Waals surface area contributed by atoms with Crippen LogP contribution >= 0.6 is 48.0 Å². The largest absolute Gasteiger partial charge is 0.147 e. The maximum Gasteiger partial charge on any atom is -0.147 e. The van der Waals surface area contributed by atoms with Crippen molar-refractivity contribution in [2.24, 2.45) is 5.92 Å². The van der Waals surface area contributed by atoms with Gasteiger partial charge in [-0.1, -0.05) is 0 Å². The molecule has 6 rings (SSSR count). The normalized spacial score (nSPS) is 15.3. The predicted octanol–water partition coefficient (Wildman–Crippen LogP) is 12.4.